The van der Waals surface area contributed by atoms with Crippen molar-refractivity contribution in [3.63, 3.8) is 0 Å². The second kappa shape index (κ2) is 58.7. The van der Waals surface area contributed by atoms with E-state index in [0.717, 1.165) is 44.9 Å². The zero-order valence-electron chi connectivity index (χ0n) is 52.8. The van der Waals surface area contributed by atoms with E-state index in [9.17, 15) is 40.5 Å². The number of rotatable bonds is 61. The van der Waals surface area contributed by atoms with E-state index in [0.29, 0.717) is 12.8 Å². The van der Waals surface area contributed by atoms with Crippen molar-refractivity contribution in [1.82, 2.24) is 5.32 Å². The van der Waals surface area contributed by atoms with Crippen molar-refractivity contribution in [1.29, 1.82) is 0 Å². The molecule has 0 aromatic rings. The summed E-state index contributed by atoms with van der Waals surface area (Å²) in [4.78, 5) is 13.2. The van der Waals surface area contributed by atoms with E-state index in [2.05, 4.69) is 55.6 Å². The lowest BCUT2D eigenvalue weighted by molar-refractivity contribution is -0.303. The quantitative estimate of drug-likeness (QED) is 0.0215. The van der Waals surface area contributed by atoms with Crippen LogP contribution in [0.15, 0.2) is 36.5 Å². The smallest absolute Gasteiger partial charge is 0.249 e. The third-order valence-electron chi connectivity index (χ3n) is 16.9. The van der Waals surface area contributed by atoms with Gasteiger partial charge in [0, 0.05) is 0 Å². The van der Waals surface area contributed by atoms with Crippen LogP contribution in [0.5, 0.6) is 0 Å². The molecule has 81 heavy (non-hydrogen) atoms. The van der Waals surface area contributed by atoms with Crippen molar-refractivity contribution in [2.24, 2.45) is 0 Å². The highest BCUT2D eigenvalue weighted by Crippen LogP contribution is 2.24. The van der Waals surface area contributed by atoms with Crippen molar-refractivity contribution < 1.29 is 50.0 Å². The van der Waals surface area contributed by atoms with Crippen LogP contribution in [0.25, 0.3) is 0 Å². The van der Waals surface area contributed by atoms with Gasteiger partial charge in [-0.05, 0) is 70.6 Å². The standard InChI is InChI=1S/C70H133NO10/c1-3-5-7-9-11-13-15-17-19-21-23-25-26-27-28-29-30-31-32-33-34-35-36-37-38-40-42-44-46-48-50-52-54-56-58-63(74)69(79)71-61(60-80-70-68(78)67(77)66(76)64(59-72)81-70)65(75)62(73)57-55-53-51-49-47-45-43-41-39-24-22-20-18-16-14-12-10-8-6-4-2/h26-27,29-30,49,51,61-68,70,72-78H,3-25,28,31-48,50,52-60H2,1-2H3,(H,71,79)/b27-26-,30-29-,51-49+. The molecule has 478 valence electrons. The Labute approximate surface area is 498 Å². The summed E-state index contributed by atoms with van der Waals surface area (Å²) < 4.78 is 11.2. The molecule has 0 radical (unpaired) electrons. The van der Waals surface area contributed by atoms with Gasteiger partial charge in [0.25, 0.3) is 0 Å². The fourth-order valence-electron chi connectivity index (χ4n) is 11.3. The highest BCUT2D eigenvalue weighted by Gasteiger charge is 2.44. The van der Waals surface area contributed by atoms with Crippen LogP contribution < -0.4 is 5.32 Å². The Balaban J connectivity index is 2.19. The topological polar surface area (TPSA) is 189 Å². The molecular formula is C70H133NO10. The van der Waals surface area contributed by atoms with E-state index in [1.807, 2.05) is 0 Å². The number of nitrogens with one attached hydrogen (secondary N) is 1. The lowest BCUT2D eigenvalue weighted by Crippen LogP contribution is -2.60. The van der Waals surface area contributed by atoms with Crippen molar-refractivity contribution in [2.75, 3.05) is 13.2 Å². The highest BCUT2D eigenvalue weighted by atomic mass is 16.7. The zero-order chi connectivity index (χ0) is 58.9. The van der Waals surface area contributed by atoms with E-state index >= 15 is 0 Å². The SMILES string of the molecule is CCCCCCCCCCCCC/C=C\C/C=C\CCCCCCCCCCCCCCCCCCC(O)C(=O)NC(COC1OC(CO)C(O)C(O)C1O)C(O)C(O)CCC/C=C/CCCCCCCCCCCCCCCCC. The molecule has 11 nitrogen and oxygen atoms in total. The summed E-state index contributed by atoms with van der Waals surface area (Å²) in [6.07, 6.45) is 63.8. The second-order valence-electron chi connectivity index (χ2n) is 24.6. The van der Waals surface area contributed by atoms with E-state index in [1.54, 1.807) is 0 Å². The lowest BCUT2D eigenvalue weighted by atomic mass is 9.98. The molecule has 0 bridgehead atoms. The first-order chi connectivity index (χ1) is 39.7. The van der Waals surface area contributed by atoms with Gasteiger partial charge in [-0.3, -0.25) is 4.79 Å². The van der Waals surface area contributed by atoms with Crippen molar-refractivity contribution in [3.8, 4) is 0 Å². The molecule has 9 atom stereocenters. The maximum atomic E-state index is 13.2. The van der Waals surface area contributed by atoms with E-state index in [4.69, 9.17) is 9.47 Å². The van der Waals surface area contributed by atoms with Crippen LogP contribution in [-0.2, 0) is 14.3 Å². The molecule has 1 fully saturated rings. The summed E-state index contributed by atoms with van der Waals surface area (Å²) in [5.41, 5.74) is 0. The van der Waals surface area contributed by atoms with Crippen LogP contribution in [0.1, 0.15) is 335 Å². The van der Waals surface area contributed by atoms with Gasteiger partial charge in [0.05, 0.1) is 25.4 Å². The van der Waals surface area contributed by atoms with Crippen LogP contribution in [0.2, 0.25) is 0 Å². The van der Waals surface area contributed by atoms with Crippen LogP contribution in [0.3, 0.4) is 0 Å². The molecule has 9 unspecified atom stereocenters. The number of aliphatic hydroxyl groups excluding tert-OH is 7. The Hall–Kier alpha value is -1.67. The normalized spacial score (nSPS) is 19.3. The van der Waals surface area contributed by atoms with Crippen molar-refractivity contribution in [3.05, 3.63) is 36.5 Å². The fraction of sp³-hybridized carbons (Fsp3) is 0.900. The first-order valence-corrected chi connectivity index (χ1v) is 34.9. The Morgan fingerprint density at radius 1 is 0.432 bits per heavy atom. The summed E-state index contributed by atoms with van der Waals surface area (Å²) in [6, 6.07) is -1.19. The molecule has 1 amide bonds. The van der Waals surface area contributed by atoms with E-state index < -0.39 is 74.2 Å². The molecule has 1 saturated heterocycles. The summed E-state index contributed by atoms with van der Waals surface area (Å²) in [5, 5.41) is 76.4. The molecule has 0 aromatic carbocycles. The van der Waals surface area contributed by atoms with Gasteiger partial charge in [0.15, 0.2) is 6.29 Å². The van der Waals surface area contributed by atoms with Gasteiger partial charge >= 0.3 is 0 Å². The summed E-state index contributed by atoms with van der Waals surface area (Å²) in [5.74, 6) is -0.702. The summed E-state index contributed by atoms with van der Waals surface area (Å²) in [6.45, 7) is 3.49. The third kappa shape index (κ3) is 46.3. The Morgan fingerprint density at radius 2 is 0.765 bits per heavy atom. The van der Waals surface area contributed by atoms with Gasteiger partial charge in [-0.1, -0.05) is 301 Å². The van der Waals surface area contributed by atoms with E-state index in [-0.39, 0.29) is 12.8 Å². The lowest BCUT2D eigenvalue weighted by Gasteiger charge is -2.40. The number of hydrogen-bond donors (Lipinski definition) is 8. The molecule has 0 saturated carbocycles. The number of amides is 1. The number of carbonyl (C=O) groups is 1. The molecule has 0 aromatic heterocycles. The maximum absolute atomic E-state index is 13.2. The van der Waals surface area contributed by atoms with Gasteiger partial charge in [-0.15, -0.1) is 0 Å². The Morgan fingerprint density at radius 3 is 1.14 bits per heavy atom. The second-order valence-corrected chi connectivity index (χ2v) is 24.6. The van der Waals surface area contributed by atoms with E-state index in [1.165, 1.54) is 250 Å². The molecule has 1 rings (SSSR count). The van der Waals surface area contributed by atoms with Gasteiger partial charge in [-0.2, -0.15) is 0 Å². The molecular weight excluding hydrogens is 1010 g/mol. The van der Waals surface area contributed by atoms with Crippen molar-refractivity contribution in [2.45, 2.75) is 390 Å². The number of ether oxygens (including phenoxy) is 2. The monoisotopic (exact) mass is 1150 g/mol. The van der Waals surface area contributed by atoms with Crippen LogP contribution in [0.4, 0.5) is 0 Å². The largest absolute Gasteiger partial charge is 0.394 e. The molecule has 11 heteroatoms. The number of carbonyl (C=O) groups excluding carboxylic acids is 1. The fourth-order valence-corrected chi connectivity index (χ4v) is 11.3. The number of unbranched alkanes of at least 4 members (excludes halogenated alkanes) is 43. The highest BCUT2D eigenvalue weighted by molar-refractivity contribution is 5.80. The first-order valence-electron chi connectivity index (χ1n) is 34.9. The minimum atomic E-state index is -1.67. The summed E-state index contributed by atoms with van der Waals surface area (Å²) >= 11 is 0. The number of hydrogen-bond acceptors (Lipinski definition) is 10. The average Bonchev–Trinajstić information content (AvgIpc) is 3.49. The molecule has 1 aliphatic heterocycles. The molecule has 1 aliphatic rings. The molecule has 0 aliphatic carbocycles. The number of allylic oxidation sites excluding steroid dienone is 6. The van der Waals surface area contributed by atoms with Gasteiger partial charge in [0.1, 0.15) is 36.6 Å². The first kappa shape index (κ1) is 77.3. The van der Waals surface area contributed by atoms with Crippen LogP contribution >= 0.6 is 0 Å². The average molecular weight is 1150 g/mol. The van der Waals surface area contributed by atoms with Crippen molar-refractivity contribution >= 4 is 5.91 Å². The minimum absolute atomic E-state index is 0.255. The Bertz CT molecular complexity index is 1410. The molecule has 0 spiro atoms. The third-order valence-corrected chi connectivity index (χ3v) is 16.9. The predicted octanol–water partition coefficient (Wildman–Crippen LogP) is 16.6. The van der Waals surface area contributed by atoms with Gasteiger partial charge < -0.3 is 50.5 Å². The molecule has 1 heterocycles. The predicted molar refractivity (Wildman–Crippen MR) is 339 cm³/mol. The Kier molecular flexibility index (Phi) is 56.0. The van der Waals surface area contributed by atoms with Crippen LogP contribution in [-0.4, -0.2) is 110 Å². The van der Waals surface area contributed by atoms with Gasteiger partial charge in [0.2, 0.25) is 5.91 Å². The van der Waals surface area contributed by atoms with Gasteiger partial charge in [-0.25, -0.2) is 0 Å². The minimum Gasteiger partial charge on any atom is -0.394 e. The zero-order valence-corrected chi connectivity index (χ0v) is 52.8. The summed E-state index contributed by atoms with van der Waals surface area (Å²) in [7, 11) is 0. The van der Waals surface area contributed by atoms with Crippen LogP contribution in [0, 0.1) is 0 Å². The molecule has 8 N–H and O–H groups in total. The maximum Gasteiger partial charge on any atom is 0.249 e. The number of aliphatic hydroxyl groups is 7.